The second kappa shape index (κ2) is 7.10. The van der Waals surface area contributed by atoms with Crippen molar-refractivity contribution in [3.05, 3.63) is 70.6 Å². The quantitative estimate of drug-likeness (QED) is 0.790. The molecule has 0 saturated carbocycles. The lowest BCUT2D eigenvalue weighted by atomic mass is 10.0. The van der Waals surface area contributed by atoms with Crippen molar-refractivity contribution in [2.75, 3.05) is 13.7 Å². The zero-order valence-electron chi connectivity index (χ0n) is 14.2. The van der Waals surface area contributed by atoms with E-state index in [2.05, 4.69) is 0 Å². The summed E-state index contributed by atoms with van der Waals surface area (Å²) in [5, 5.41) is 0.642. The largest absolute Gasteiger partial charge is 0.478 e. The number of halogens is 1. The molecule has 3 rings (SSSR count). The molecule has 0 fully saturated rings. The van der Waals surface area contributed by atoms with Gasteiger partial charge in [-0.25, -0.2) is 12.7 Å². The SMILES string of the molecule is Cc1ccc(S(=O)(=O)N(C)C2=C(c3ccc(Cl)cc3)CCCO2)cc1. The summed E-state index contributed by atoms with van der Waals surface area (Å²) in [6.07, 6.45) is 1.60. The van der Waals surface area contributed by atoms with Gasteiger partial charge in [0, 0.05) is 17.6 Å². The van der Waals surface area contributed by atoms with Crippen LogP contribution in [-0.4, -0.2) is 26.4 Å². The number of nitrogens with zero attached hydrogens (tertiary/aromatic N) is 1. The van der Waals surface area contributed by atoms with Crippen molar-refractivity contribution in [3.63, 3.8) is 0 Å². The van der Waals surface area contributed by atoms with Crippen molar-refractivity contribution in [1.82, 2.24) is 4.31 Å². The molecule has 2 aromatic rings. The van der Waals surface area contributed by atoms with Crippen LogP contribution in [0.25, 0.3) is 5.57 Å². The molecule has 1 aliphatic heterocycles. The first kappa shape index (κ1) is 17.8. The van der Waals surface area contributed by atoms with Crippen LogP contribution >= 0.6 is 11.6 Å². The predicted octanol–water partition coefficient (Wildman–Crippen LogP) is 4.45. The molecule has 0 spiro atoms. The Kier molecular flexibility index (Phi) is 5.06. The summed E-state index contributed by atoms with van der Waals surface area (Å²) in [5.74, 6) is 0.383. The van der Waals surface area contributed by atoms with E-state index in [1.54, 1.807) is 36.4 Å². The molecule has 0 aliphatic carbocycles. The van der Waals surface area contributed by atoms with Gasteiger partial charge in [0.1, 0.15) is 0 Å². The van der Waals surface area contributed by atoms with Crippen molar-refractivity contribution in [2.45, 2.75) is 24.7 Å². The van der Waals surface area contributed by atoms with Gasteiger partial charge in [-0.1, -0.05) is 41.4 Å². The summed E-state index contributed by atoms with van der Waals surface area (Å²) < 4.78 is 32.9. The van der Waals surface area contributed by atoms with Gasteiger partial charge in [0.25, 0.3) is 10.0 Å². The smallest absolute Gasteiger partial charge is 0.266 e. The van der Waals surface area contributed by atoms with E-state index in [1.807, 2.05) is 19.1 Å². The average Bonchev–Trinajstić information content (AvgIpc) is 2.62. The Hall–Kier alpha value is -1.98. The molecule has 2 aromatic carbocycles. The van der Waals surface area contributed by atoms with Crippen LogP contribution in [0.4, 0.5) is 0 Å². The van der Waals surface area contributed by atoms with Crippen LogP contribution in [0.3, 0.4) is 0 Å². The fourth-order valence-corrected chi connectivity index (χ4v) is 4.09. The van der Waals surface area contributed by atoms with Gasteiger partial charge in [-0.15, -0.1) is 0 Å². The third-order valence-corrected chi connectivity index (χ3v) is 6.23. The molecule has 1 aliphatic rings. The standard InChI is InChI=1S/C19H20ClNO3S/c1-14-5-11-17(12-6-14)25(22,23)21(2)19-18(4-3-13-24-19)15-7-9-16(20)10-8-15/h5-12H,3-4,13H2,1-2H3. The van der Waals surface area contributed by atoms with Crippen LogP contribution in [0.5, 0.6) is 0 Å². The van der Waals surface area contributed by atoms with Gasteiger partial charge < -0.3 is 4.74 Å². The van der Waals surface area contributed by atoms with E-state index in [0.717, 1.165) is 29.5 Å². The van der Waals surface area contributed by atoms with E-state index in [4.69, 9.17) is 16.3 Å². The van der Waals surface area contributed by atoms with Gasteiger partial charge >= 0.3 is 0 Å². The maximum atomic E-state index is 13.0. The van der Waals surface area contributed by atoms with Crippen LogP contribution in [0.15, 0.2) is 59.3 Å². The Morgan fingerprint density at radius 3 is 2.32 bits per heavy atom. The summed E-state index contributed by atoms with van der Waals surface area (Å²) >= 11 is 5.96. The number of hydrogen-bond donors (Lipinski definition) is 0. The van der Waals surface area contributed by atoms with Gasteiger partial charge in [-0.3, -0.25) is 0 Å². The van der Waals surface area contributed by atoms with Crippen molar-refractivity contribution in [1.29, 1.82) is 0 Å². The molecule has 25 heavy (non-hydrogen) atoms. The third kappa shape index (κ3) is 3.67. The lowest BCUT2D eigenvalue weighted by Gasteiger charge is -2.28. The topological polar surface area (TPSA) is 46.6 Å². The second-order valence-electron chi connectivity index (χ2n) is 6.03. The molecule has 0 bridgehead atoms. The number of ether oxygens (including phenoxy) is 1. The number of sulfonamides is 1. The van der Waals surface area contributed by atoms with Crippen molar-refractivity contribution < 1.29 is 13.2 Å². The van der Waals surface area contributed by atoms with Gasteiger partial charge in [0.05, 0.1) is 11.5 Å². The molecule has 0 amide bonds. The molecular weight excluding hydrogens is 358 g/mol. The van der Waals surface area contributed by atoms with E-state index in [9.17, 15) is 8.42 Å². The summed E-state index contributed by atoms with van der Waals surface area (Å²) in [5.41, 5.74) is 2.81. The zero-order chi connectivity index (χ0) is 18.0. The first-order chi connectivity index (χ1) is 11.9. The fraction of sp³-hybridized carbons (Fsp3) is 0.263. The highest BCUT2D eigenvalue weighted by Gasteiger charge is 2.28. The molecule has 4 nitrogen and oxygen atoms in total. The summed E-state index contributed by atoms with van der Waals surface area (Å²) in [7, 11) is -2.15. The Bertz CT molecular complexity index is 887. The second-order valence-corrected chi connectivity index (χ2v) is 8.43. The van der Waals surface area contributed by atoms with E-state index >= 15 is 0 Å². The minimum Gasteiger partial charge on any atom is -0.478 e. The Morgan fingerprint density at radius 2 is 1.68 bits per heavy atom. The Labute approximate surface area is 153 Å². The maximum Gasteiger partial charge on any atom is 0.266 e. The molecule has 0 N–H and O–H groups in total. The number of aryl methyl sites for hydroxylation is 1. The van der Waals surface area contributed by atoms with Gasteiger partial charge in [-0.05, 0) is 49.6 Å². The monoisotopic (exact) mass is 377 g/mol. The van der Waals surface area contributed by atoms with Crippen LogP contribution in [0, 0.1) is 6.92 Å². The molecular formula is C19H20ClNO3S. The van der Waals surface area contributed by atoms with Crippen LogP contribution in [0.2, 0.25) is 5.02 Å². The first-order valence-corrected chi connectivity index (χ1v) is 9.89. The van der Waals surface area contributed by atoms with Gasteiger partial charge in [0.15, 0.2) is 0 Å². The summed E-state index contributed by atoms with van der Waals surface area (Å²) in [6.45, 7) is 2.42. The molecule has 0 atom stereocenters. The normalized spacial score (nSPS) is 15.0. The summed E-state index contributed by atoms with van der Waals surface area (Å²) in [4.78, 5) is 0.248. The highest BCUT2D eigenvalue weighted by Crippen LogP contribution is 2.33. The van der Waals surface area contributed by atoms with E-state index in [-0.39, 0.29) is 4.90 Å². The van der Waals surface area contributed by atoms with Crippen molar-refractivity contribution >= 4 is 27.2 Å². The summed E-state index contributed by atoms with van der Waals surface area (Å²) in [6, 6.07) is 14.2. The molecule has 0 saturated heterocycles. The molecule has 0 aromatic heterocycles. The lowest BCUT2D eigenvalue weighted by molar-refractivity contribution is 0.150. The fourth-order valence-electron chi connectivity index (χ4n) is 2.79. The Morgan fingerprint density at radius 1 is 1.04 bits per heavy atom. The minimum atomic E-state index is -3.68. The van der Waals surface area contributed by atoms with Crippen molar-refractivity contribution in [2.24, 2.45) is 0 Å². The third-order valence-electron chi connectivity index (χ3n) is 4.23. The van der Waals surface area contributed by atoms with E-state index < -0.39 is 10.0 Å². The number of benzene rings is 2. The van der Waals surface area contributed by atoms with Crippen LogP contribution in [0.1, 0.15) is 24.0 Å². The highest BCUT2D eigenvalue weighted by atomic mass is 35.5. The minimum absolute atomic E-state index is 0.248. The van der Waals surface area contributed by atoms with Crippen LogP contribution in [-0.2, 0) is 14.8 Å². The van der Waals surface area contributed by atoms with Crippen LogP contribution < -0.4 is 0 Å². The first-order valence-electron chi connectivity index (χ1n) is 8.07. The maximum absolute atomic E-state index is 13.0. The van der Waals surface area contributed by atoms with Gasteiger partial charge in [0.2, 0.25) is 5.88 Å². The predicted molar refractivity (Wildman–Crippen MR) is 99.7 cm³/mol. The number of rotatable bonds is 4. The molecule has 0 radical (unpaired) electrons. The molecule has 1 heterocycles. The average molecular weight is 378 g/mol. The Balaban J connectivity index is 2.04. The highest BCUT2D eigenvalue weighted by molar-refractivity contribution is 7.89. The molecule has 132 valence electrons. The van der Waals surface area contributed by atoms with Crippen molar-refractivity contribution in [3.8, 4) is 0 Å². The van der Waals surface area contributed by atoms with E-state index in [1.165, 1.54) is 11.4 Å². The number of hydrogen-bond acceptors (Lipinski definition) is 3. The van der Waals surface area contributed by atoms with Gasteiger partial charge in [-0.2, -0.15) is 0 Å². The van der Waals surface area contributed by atoms with E-state index in [0.29, 0.717) is 17.5 Å². The zero-order valence-corrected chi connectivity index (χ0v) is 15.8. The lowest BCUT2D eigenvalue weighted by Crippen LogP contribution is -2.30. The number of allylic oxidation sites excluding steroid dienone is 1. The molecule has 6 heteroatoms. The molecule has 0 unspecified atom stereocenters.